The molecule has 0 aromatic heterocycles. The molecule has 0 saturated carbocycles. The van der Waals surface area contributed by atoms with Crippen LogP contribution in [0.1, 0.15) is 0 Å². The first kappa shape index (κ1) is 17.3. The number of hydrogen-bond acceptors (Lipinski definition) is 5. The van der Waals surface area contributed by atoms with Gasteiger partial charge < -0.3 is 19.7 Å². The molecule has 2 aliphatic heterocycles. The van der Waals surface area contributed by atoms with Crippen molar-refractivity contribution in [3.63, 3.8) is 0 Å². The second kappa shape index (κ2) is 7.14. The topological polar surface area (TPSA) is 74.4 Å². The number of nitrogens with zero attached hydrogens (tertiary/aromatic N) is 3. The number of rotatable bonds is 4. The first-order valence-corrected chi connectivity index (χ1v) is 8.33. The van der Waals surface area contributed by atoms with E-state index in [0.717, 1.165) is 11.4 Å². The van der Waals surface area contributed by atoms with Gasteiger partial charge in [0.05, 0.1) is 20.2 Å². The maximum absolute atomic E-state index is 12.1. The molecule has 1 aromatic carbocycles. The summed E-state index contributed by atoms with van der Waals surface area (Å²) in [5.74, 6) is 0. The van der Waals surface area contributed by atoms with Gasteiger partial charge in [-0.15, -0.1) is 0 Å². The van der Waals surface area contributed by atoms with Crippen molar-refractivity contribution in [2.75, 3.05) is 50.1 Å². The summed E-state index contributed by atoms with van der Waals surface area (Å²) in [5.41, 5.74) is 1.54. The van der Waals surface area contributed by atoms with Gasteiger partial charge in [-0.05, 0) is 36.5 Å². The summed E-state index contributed by atoms with van der Waals surface area (Å²) < 4.78 is 10.2. The van der Waals surface area contributed by atoms with Crippen LogP contribution >= 0.6 is 12.2 Å². The number of cyclic esters (lactones) is 1. The molecule has 0 bridgehead atoms. The molecule has 134 valence electrons. The highest BCUT2D eigenvalue weighted by atomic mass is 32.1. The fourth-order valence-corrected chi connectivity index (χ4v) is 2.89. The minimum absolute atomic E-state index is 0.0198. The Hall–Kier alpha value is -2.55. The molecule has 0 spiro atoms. The van der Waals surface area contributed by atoms with Crippen molar-refractivity contribution in [2.24, 2.45) is 0 Å². The molecule has 1 N–H and O–H groups in total. The van der Waals surface area contributed by atoms with Gasteiger partial charge in [0.15, 0.2) is 0 Å². The average molecular weight is 364 g/mol. The number of nitrogens with one attached hydrogen (secondary N) is 1. The molecule has 8 nitrogen and oxygen atoms in total. The maximum Gasteiger partial charge on any atom is 0.414 e. The predicted octanol–water partition coefficient (Wildman–Crippen LogP) is 1.40. The molecule has 2 saturated heterocycles. The van der Waals surface area contributed by atoms with Gasteiger partial charge >= 0.3 is 12.1 Å². The SMILES string of the molecule is COC(=S)NC[C@H]1CN(c2ccc(N3CCN(C)C3=O)cc2)C(=O)O1. The molecule has 9 heteroatoms. The normalized spacial score (nSPS) is 20.1. The lowest BCUT2D eigenvalue weighted by molar-refractivity contribution is 0.142. The van der Waals surface area contributed by atoms with Crippen LogP contribution in [0.5, 0.6) is 0 Å². The second-order valence-electron chi connectivity index (χ2n) is 5.86. The van der Waals surface area contributed by atoms with E-state index in [4.69, 9.17) is 21.7 Å². The van der Waals surface area contributed by atoms with Crippen LogP contribution in [0.25, 0.3) is 0 Å². The van der Waals surface area contributed by atoms with E-state index in [1.54, 1.807) is 21.7 Å². The highest BCUT2D eigenvalue weighted by Gasteiger charge is 2.33. The quantitative estimate of drug-likeness (QED) is 0.815. The Labute approximate surface area is 151 Å². The number of methoxy groups -OCH3 is 1. The van der Waals surface area contributed by atoms with E-state index >= 15 is 0 Å². The Morgan fingerprint density at radius 2 is 1.88 bits per heavy atom. The zero-order chi connectivity index (χ0) is 18.0. The summed E-state index contributed by atoms with van der Waals surface area (Å²) in [7, 11) is 3.26. The third kappa shape index (κ3) is 3.60. The Balaban J connectivity index is 1.63. The number of benzene rings is 1. The number of amides is 3. The summed E-state index contributed by atoms with van der Waals surface area (Å²) in [4.78, 5) is 29.1. The van der Waals surface area contributed by atoms with Gasteiger partial charge in [0.2, 0.25) is 0 Å². The molecule has 1 atom stereocenters. The molecule has 1 aromatic rings. The van der Waals surface area contributed by atoms with Crippen LogP contribution in [0, 0.1) is 0 Å². The van der Waals surface area contributed by atoms with Crippen LogP contribution in [0.15, 0.2) is 24.3 Å². The molecule has 2 heterocycles. The number of carbonyl (C=O) groups is 2. The summed E-state index contributed by atoms with van der Waals surface area (Å²) in [5, 5.41) is 3.14. The van der Waals surface area contributed by atoms with Crippen LogP contribution in [-0.2, 0) is 9.47 Å². The van der Waals surface area contributed by atoms with Crippen LogP contribution in [0.3, 0.4) is 0 Å². The molecule has 2 fully saturated rings. The average Bonchev–Trinajstić information content (AvgIpc) is 3.16. The molecule has 0 unspecified atom stereocenters. The van der Waals surface area contributed by atoms with E-state index in [1.165, 1.54) is 7.11 Å². The van der Waals surface area contributed by atoms with Crippen LogP contribution < -0.4 is 15.1 Å². The maximum atomic E-state index is 12.1. The molecule has 0 radical (unpaired) electrons. The van der Waals surface area contributed by atoms with Crippen LogP contribution in [0.2, 0.25) is 0 Å². The van der Waals surface area contributed by atoms with Gasteiger partial charge in [-0.3, -0.25) is 9.80 Å². The molecular weight excluding hydrogens is 344 g/mol. The lowest BCUT2D eigenvalue weighted by atomic mass is 10.2. The van der Waals surface area contributed by atoms with E-state index in [2.05, 4.69) is 5.32 Å². The lowest BCUT2D eigenvalue weighted by Gasteiger charge is -2.18. The first-order valence-electron chi connectivity index (χ1n) is 7.92. The monoisotopic (exact) mass is 364 g/mol. The number of ether oxygens (including phenoxy) is 2. The zero-order valence-electron chi connectivity index (χ0n) is 14.1. The Morgan fingerprint density at radius 3 is 2.44 bits per heavy atom. The molecule has 3 amide bonds. The van der Waals surface area contributed by atoms with Crippen LogP contribution in [0.4, 0.5) is 21.0 Å². The standard InChI is InChI=1S/C16H20N4O4S/c1-18-7-8-19(15(18)21)11-3-5-12(6-4-11)20-10-13(24-16(20)22)9-17-14(25)23-2/h3-6,13H,7-10H2,1-2H3,(H,17,25)/t13-/m0/s1. The number of hydrogen-bond donors (Lipinski definition) is 1. The molecule has 0 aliphatic carbocycles. The molecule has 3 rings (SSSR count). The van der Waals surface area contributed by atoms with Gasteiger partial charge in [-0.1, -0.05) is 0 Å². The third-order valence-electron chi connectivity index (χ3n) is 4.22. The number of anilines is 2. The number of likely N-dealkylation sites (N-methyl/N-ethyl adjacent to an activating group) is 1. The van der Waals surface area contributed by atoms with Gasteiger partial charge in [0, 0.05) is 31.5 Å². The van der Waals surface area contributed by atoms with Crippen molar-refractivity contribution in [3.8, 4) is 0 Å². The second-order valence-corrected chi connectivity index (χ2v) is 6.23. The van der Waals surface area contributed by atoms with E-state index in [0.29, 0.717) is 26.2 Å². The molecular formula is C16H20N4O4S. The lowest BCUT2D eigenvalue weighted by Crippen LogP contribution is -2.34. The fraction of sp³-hybridized carbons (Fsp3) is 0.438. The number of thiocarbonyl (C=S) groups is 1. The Morgan fingerprint density at radius 1 is 1.24 bits per heavy atom. The third-order valence-corrected chi connectivity index (χ3v) is 4.53. The van der Waals surface area contributed by atoms with E-state index in [9.17, 15) is 9.59 Å². The van der Waals surface area contributed by atoms with Crippen molar-refractivity contribution in [3.05, 3.63) is 24.3 Å². The Bertz CT molecular complexity index is 681. The number of carbonyl (C=O) groups excluding carboxylic acids is 2. The van der Waals surface area contributed by atoms with E-state index < -0.39 is 6.09 Å². The number of urea groups is 1. The summed E-state index contributed by atoms with van der Waals surface area (Å²) in [6.45, 7) is 2.18. The van der Waals surface area contributed by atoms with Crippen molar-refractivity contribution < 1.29 is 19.1 Å². The van der Waals surface area contributed by atoms with Gasteiger partial charge in [0.25, 0.3) is 5.17 Å². The highest BCUT2D eigenvalue weighted by molar-refractivity contribution is 7.80. The van der Waals surface area contributed by atoms with Gasteiger partial charge in [-0.25, -0.2) is 9.59 Å². The van der Waals surface area contributed by atoms with Crippen molar-refractivity contribution in [2.45, 2.75) is 6.10 Å². The van der Waals surface area contributed by atoms with E-state index in [-0.39, 0.29) is 17.3 Å². The van der Waals surface area contributed by atoms with Crippen molar-refractivity contribution in [1.29, 1.82) is 0 Å². The fourth-order valence-electron chi connectivity index (χ4n) is 2.81. The predicted molar refractivity (Wildman–Crippen MR) is 97.0 cm³/mol. The smallest absolute Gasteiger partial charge is 0.414 e. The summed E-state index contributed by atoms with van der Waals surface area (Å²) in [6.07, 6.45) is -0.714. The van der Waals surface area contributed by atoms with Gasteiger partial charge in [-0.2, -0.15) is 0 Å². The van der Waals surface area contributed by atoms with Crippen molar-refractivity contribution >= 4 is 40.9 Å². The molecule has 2 aliphatic rings. The Kier molecular flexibility index (Phi) is 4.93. The first-order chi connectivity index (χ1) is 12.0. The summed E-state index contributed by atoms with van der Waals surface area (Å²) >= 11 is 4.90. The summed E-state index contributed by atoms with van der Waals surface area (Å²) in [6, 6.07) is 7.29. The minimum atomic E-state index is -0.403. The zero-order valence-corrected chi connectivity index (χ0v) is 14.9. The minimum Gasteiger partial charge on any atom is -0.474 e. The van der Waals surface area contributed by atoms with Crippen molar-refractivity contribution in [1.82, 2.24) is 10.2 Å². The highest BCUT2D eigenvalue weighted by Crippen LogP contribution is 2.26. The molecule has 25 heavy (non-hydrogen) atoms. The van der Waals surface area contributed by atoms with Crippen LogP contribution in [-0.4, -0.2) is 68.6 Å². The largest absolute Gasteiger partial charge is 0.474 e. The van der Waals surface area contributed by atoms with E-state index in [1.807, 2.05) is 24.3 Å². The van der Waals surface area contributed by atoms with Gasteiger partial charge in [0.1, 0.15) is 6.10 Å².